The maximum absolute atomic E-state index is 11.3. The topological polar surface area (TPSA) is 48.4 Å². The van der Waals surface area contributed by atoms with E-state index in [4.69, 9.17) is 9.47 Å². The molecule has 0 fully saturated rings. The Kier molecular flexibility index (Phi) is 4.35. The van der Waals surface area contributed by atoms with Crippen LogP contribution in [0.1, 0.15) is 28.4 Å². The van der Waals surface area contributed by atoms with E-state index in [9.17, 15) is 4.79 Å². The Morgan fingerprint density at radius 1 is 1.20 bits per heavy atom. The summed E-state index contributed by atoms with van der Waals surface area (Å²) in [5.74, 6) is 1.16. The number of carbonyl (C=O) groups excluding carboxylic acids is 1. The molecule has 0 atom stereocenters. The minimum atomic E-state index is -0.00210. The monoisotopic (exact) mass is 271 g/mol. The SMILES string of the molecule is COc1cc(C(C)=O)ccc1OCc1cncc(C)c1. The number of aromatic nitrogens is 1. The van der Waals surface area contributed by atoms with Crippen LogP contribution in [0.15, 0.2) is 36.7 Å². The van der Waals surface area contributed by atoms with Crippen LogP contribution < -0.4 is 9.47 Å². The summed E-state index contributed by atoms with van der Waals surface area (Å²) in [5, 5.41) is 0. The minimum Gasteiger partial charge on any atom is -0.493 e. The number of nitrogens with zero attached hydrogens (tertiary/aromatic N) is 1. The number of ether oxygens (including phenoxy) is 2. The van der Waals surface area contributed by atoms with Gasteiger partial charge >= 0.3 is 0 Å². The van der Waals surface area contributed by atoms with Crippen molar-refractivity contribution < 1.29 is 14.3 Å². The van der Waals surface area contributed by atoms with Crippen molar-refractivity contribution >= 4 is 5.78 Å². The zero-order valence-corrected chi connectivity index (χ0v) is 11.8. The maximum atomic E-state index is 11.3. The standard InChI is InChI=1S/C16H17NO3/c1-11-6-13(9-17-8-11)10-20-15-5-4-14(12(2)18)7-16(15)19-3/h4-9H,10H2,1-3H3. The van der Waals surface area contributed by atoms with E-state index >= 15 is 0 Å². The molecule has 0 radical (unpaired) electrons. The van der Waals surface area contributed by atoms with Crippen molar-refractivity contribution in [2.45, 2.75) is 20.5 Å². The highest BCUT2D eigenvalue weighted by molar-refractivity contribution is 5.94. The van der Waals surface area contributed by atoms with Crippen molar-refractivity contribution in [3.8, 4) is 11.5 Å². The molecule has 1 aromatic heterocycles. The van der Waals surface area contributed by atoms with Gasteiger partial charge in [-0.1, -0.05) is 0 Å². The van der Waals surface area contributed by atoms with E-state index < -0.39 is 0 Å². The number of aryl methyl sites for hydroxylation is 1. The first-order valence-electron chi connectivity index (χ1n) is 6.32. The highest BCUT2D eigenvalue weighted by Crippen LogP contribution is 2.29. The summed E-state index contributed by atoms with van der Waals surface area (Å²) >= 11 is 0. The molecular formula is C16H17NO3. The van der Waals surface area contributed by atoms with Gasteiger partial charge in [0.1, 0.15) is 6.61 Å². The normalized spacial score (nSPS) is 10.2. The van der Waals surface area contributed by atoms with E-state index in [1.54, 1.807) is 37.7 Å². The predicted octanol–water partition coefficient (Wildman–Crippen LogP) is 3.18. The Hall–Kier alpha value is -2.36. The molecule has 0 bridgehead atoms. The first-order chi connectivity index (χ1) is 9.60. The lowest BCUT2D eigenvalue weighted by atomic mass is 10.1. The molecule has 0 aliphatic heterocycles. The summed E-state index contributed by atoms with van der Waals surface area (Å²) < 4.78 is 11.0. The molecule has 0 spiro atoms. The van der Waals surface area contributed by atoms with Crippen molar-refractivity contribution in [2.75, 3.05) is 7.11 Å². The third-order valence-electron chi connectivity index (χ3n) is 2.90. The maximum Gasteiger partial charge on any atom is 0.161 e. The summed E-state index contributed by atoms with van der Waals surface area (Å²) in [6.07, 6.45) is 3.56. The van der Waals surface area contributed by atoms with E-state index in [0.29, 0.717) is 23.7 Å². The molecule has 2 rings (SSSR count). The van der Waals surface area contributed by atoms with Crippen LogP contribution in [0.3, 0.4) is 0 Å². The van der Waals surface area contributed by atoms with Crippen molar-refractivity contribution in [3.05, 3.63) is 53.3 Å². The smallest absolute Gasteiger partial charge is 0.161 e. The van der Waals surface area contributed by atoms with E-state index in [0.717, 1.165) is 11.1 Å². The lowest BCUT2D eigenvalue weighted by Crippen LogP contribution is -2.00. The van der Waals surface area contributed by atoms with Gasteiger partial charge < -0.3 is 9.47 Å². The number of methoxy groups -OCH3 is 1. The van der Waals surface area contributed by atoms with E-state index in [1.165, 1.54) is 6.92 Å². The van der Waals surface area contributed by atoms with Gasteiger partial charge in [-0.2, -0.15) is 0 Å². The van der Waals surface area contributed by atoms with Crippen LogP contribution in [0, 0.1) is 6.92 Å². The van der Waals surface area contributed by atoms with Gasteiger partial charge in [0.2, 0.25) is 0 Å². The number of hydrogen-bond acceptors (Lipinski definition) is 4. The van der Waals surface area contributed by atoms with Crippen molar-refractivity contribution in [1.29, 1.82) is 0 Å². The van der Waals surface area contributed by atoms with Crippen LogP contribution in [0.25, 0.3) is 0 Å². The van der Waals surface area contributed by atoms with Gasteiger partial charge in [-0.3, -0.25) is 9.78 Å². The molecule has 0 unspecified atom stereocenters. The molecule has 104 valence electrons. The van der Waals surface area contributed by atoms with Crippen molar-refractivity contribution in [3.63, 3.8) is 0 Å². The molecule has 0 amide bonds. The van der Waals surface area contributed by atoms with Crippen molar-refractivity contribution in [2.24, 2.45) is 0 Å². The Morgan fingerprint density at radius 2 is 2.00 bits per heavy atom. The van der Waals surface area contributed by atoms with E-state index in [1.807, 2.05) is 13.0 Å². The third-order valence-corrected chi connectivity index (χ3v) is 2.90. The van der Waals surface area contributed by atoms with Crippen LogP contribution in [0.5, 0.6) is 11.5 Å². The largest absolute Gasteiger partial charge is 0.493 e. The Bertz CT molecular complexity index is 623. The Balaban J connectivity index is 2.15. The van der Waals surface area contributed by atoms with Crippen LogP contribution in [-0.4, -0.2) is 17.9 Å². The molecule has 0 saturated heterocycles. The third kappa shape index (κ3) is 3.35. The van der Waals surface area contributed by atoms with Crippen molar-refractivity contribution in [1.82, 2.24) is 4.98 Å². The fourth-order valence-electron chi connectivity index (χ4n) is 1.86. The predicted molar refractivity (Wildman–Crippen MR) is 76.3 cm³/mol. The second-order valence-corrected chi connectivity index (χ2v) is 4.58. The van der Waals surface area contributed by atoms with E-state index in [2.05, 4.69) is 4.98 Å². The minimum absolute atomic E-state index is 0.00210. The zero-order chi connectivity index (χ0) is 14.5. The van der Waals surface area contributed by atoms with Crippen LogP contribution >= 0.6 is 0 Å². The fourth-order valence-corrected chi connectivity index (χ4v) is 1.86. The first kappa shape index (κ1) is 14.1. The zero-order valence-electron chi connectivity index (χ0n) is 11.8. The summed E-state index contributed by atoms with van der Waals surface area (Å²) in [6.45, 7) is 3.91. The molecule has 0 N–H and O–H groups in total. The van der Waals surface area contributed by atoms with E-state index in [-0.39, 0.29) is 5.78 Å². The van der Waals surface area contributed by atoms with Gasteiger partial charge in [0, 0.05) is 23.5 Å². The van der Waals surface area contributed by atoms with Gasteiger partial charge in [0.05, 0.1) is 7.11 Å². The quantitative estimate of drug-likeness (QED) is 0.784. The molecule has 0 saturated carbocycles. The number of carbonyl (C=O) groups is 1. The molecule has 1 aromatic carbocycles. The molecule has 4 nitrogen and oxygen atoms in total. The number of Topliss-reactive ketones (excluding diaryl/α,β-unsaturated/α-hetero) is 1. The highest BCUT2D eigenvalue weighted by atomic mass is 16.5. The van der Waals surface area contributed by atoms with Crippen LogP contribution in [-0.2, 0) is 6.61 Å². The van der Waals surface area contributed by atoms with Crippen LogP contribution in [0.4, 0.5) is 0 Å². The summed E-state index contributed by atoms with van der Waals surface area (Å²) in [4.78, 5) is 15.5. The van der Waals surface area contributed by atoms with Gasteiger partial charge in [-0.05, 0) is 43.7 Å². The second-order valence-electron chi connectivity index (χ2n) is 4.58. The second kappa shape index (κ2) is 6.19. The van der Waals surface area contributed by atoms with Gasteiger partial charge in [-0.25, -0.2) is 0 Å². The summed E-state index contributed by atoms with van der Waals surface area (Å²) in [6, 6.07) is 7.18. The first-order valence-corrected chi connectivity index (χ1v) is 6.32. The molecule has 20 heavy (non-hydrogen) atoms. The number of hydrogen-bond donors (Lipinski definition) is 0. The van der Waals surface area contributed by atoms with Gasteiger partial charge in [0.25, 0.3) is 0 Å². The summed E-state index contributed by atoms with van der Waals surface area (Å²) in [5.41, 5.74) is 2.68. The Morgan fingerprint density at radius 3 is 2.65 bits per heavy atom. The van der Waals surface area contributed by atoms with Gasteiger partial charge in [0.15, 0.2) is 17.3 Å². The molecule has 2 aromatic rings. The molecule has 0 aliphatic carbocycles. The Labute approximate surface area is 118 Å². The number of benzene rings is 1. The summed E-state index contributed by atoms with van der Waals surface area (Å²) in [7, 11) is 1.56. The van der Waals surface area contributed by atoms with Crippen LogP contribution in [0.2, 0.25) is 0 Å². The molecule has 0 aliphatic rings. The molecular weight excluding hydrogens is 254 g/mol. The lowest BCUT2D eigenvalue weighted by Gasteiger charge is -2.11. The molecule has 1 heterocycles. The van der Waals surface area contributed by atoms with Gasteiger partial charge in [-0.15, -0.1) is 0 Å². The molecule has 4 heteroatoms. The highest BCUT2D eigenvalue weighted by Gasteiger charge is 2.08. The number of pyridine rings is 1. The average Bonchev–Trinajstić information content (AvgIpc) is 2.45. The average molecular weight is 271 g/mol. The lowest BCUT2D eigenvalue weighted by molar-refractivity contribution is 0.101. The number of ketones is 1. The number of rotatable bonds is 5. The fraction of sp³-hybridized carbons (Fsp3) is 0.250.